The van der Waals surface area contributed by atoms with E-state index in [9.17, 15) is 4.79 Å². The van der Waals surface area contributed by atoms with Gasteiger partial charge < -0.3 is 15.5 Å². The summed E-state index contributed by atoms with van der Waals surface area (Å²) in [4.78, 5) is 20.2. The topological polar surface area (TPSA) is 62.5 Å². The molecule has 0 aliphatic carbocycles. The maximum atomic E-state index is 12.2. The molecule has 2 heterocycles. The number of nitrogens with zero attached hydrogens (tertiary/aromatic N) is 3. The SMILES string of the molecule is CN1CCN(c2ncccc2N)C(C)(C)C1=O. The van der Waals surface area contributed by atoms with Crippen molar-refractivity contribution in [1.82, 2.24) is 9.88 Å². The molecule has 0 unspecified atom stereocenters. The van der Waals surface area contributed by atoms with Crippen LogP contribution in [0.3, 0.4) is 0 Å². The first-order valence-corrected chi connectivity index (χ1v) is 5.68. The molecule has 1 amide bonds. The van der Waals surface area contributed by atoms with Gasteiger partial charge in [0, 0.05) is 26.3 Å². The van der Waals surface area contributed by atoms with Crippen LogP contribution in [0.2, 0.25) is 0 Å². The second-order valence-electron chi connectivity index (χ2n) is 4.85. The van der Waals surface area contributed by atoms with Gasteiger partial charge in [0.15, 0.2) is 5.82 Å². The number of aromatic nitrogens is 1. The molecule has 1 aromatic heterocycles. The molecule has 5 nitrogen and oxygen atoms in total. The number of amides is 1. The van der Waals surface area contributed by atoms with Gasteiger partial charge in [-0.25, -0.2) is 4.98 Å². The lowest BCUT2D eigenvalue weighted by molar-refractivity contribution is -0.136. The van der Waals surface area contributed by atoms with Crippen LogP contribution in [0, 0.1) is 0 Å². The Bertz CT molecular complexity index is 444. The van der Waals surface area contributed by atoms with E-state index in [2.05, 4.69) is 4.98 Å². The van der Waals surface area contributed by atoms with Crippen molar-refractivity contribution in [2.24, 2.45) is 0 Å². The molecule has 0 atom stereocenters. The molecule has 1 aromatic rings. The Morgan fingerprint density at radius 3 is 2.76 bits per heavy atom. The van der Waals surface area contributed by atoms with Gasteiger partial charge in [-0.3, -0.25) is 4.79 Å². The number of pyridine rings is 1. The number of carbonyl (C=O) groups excluding carboxylic acids is 1. The quantitative estimate of drug-likeness (QED) is 0.777. The predicted octanol–water partition coefficient (Wildman–Crippen LogP) is 0.721. The molecule has 0 radical (unpaired) electrons. The van der Waals surface area contributed by atoms with E-state index in [-0.39, 0.29) is 5.91 Å². The molecule has 0 aromatic carbocycles. The Morgan fingerprint density at radius 1 is 1.41 bits per heavy atom. The van der Waals surface area contributed by atoms with Gasteiger partial charge in [0.25, 0.3) is 0 Å². The van der Waals surface area contributed by atoms with Crippen molar-refractivity contribution in [3.05, 3.63) is 18.3 Å². The van der Waals surface area contributed by atoms with Gasteiger partial charge in [-0.05, 0) is 26.0 Å². The molecule has 5 heteroatoms. The van der Waals surface area contributed by atoms with Crippen molar-refractivity contribution in [3.8, 4) is 0 Å². The first kappa shape index (κ1) is 11.7. The Kier molecular flexibility index (Phi) is 2.69. The summed E-state index contributed by atoms with van der Waals surface area (Å²) < 4.78 is 0. The molecular formula is C12H18N4O. The average Bonchev–Trinajstić information content (AvgIpc) is 2.28. The van der Waals surface area contributed by atoms with Crippen molar-refractivity contribution >= 4 is 17.4 Å². The van der Waals surface area contributed by atoms with Crippen molar-refractivity contribution in [2.45, 2.75) is 19.4 Å². The molecule has 1 aliphatic heterocycles. The molecular weight excluding hydrogens is 216 g/mol. The third-order valence-electron chi connectivity index (χ3n) is 3.28. The summed E-state index contributed by atoms with van der Waals surface area (Å²) >= 11 is 0. The van der Waals surface area contributed by atoms with Crippen LogP contribution in [-0.2, 0) is 4.79 Å². The third-order valence-corrected chi connectivity index (χ3v) is 3.28. The third kappa shape index (κ3) is 1.81. The summed E-state index contributed by atoms with van der Waals surface area (Å²) in [5, 5.41) is 0. The van der Waals surface area contributed by atoms with Crippen LogP contribution >= 0.6 is 0 Å². The zero-order valence-corrected chi connectivity index (χ0v) is 10.5. The molecule has 0 spiro atoms. The maximum absolute atomic E-state index is 12.2. The normalized spacial score (nSPS) is 19.6. The molecule has 2 N–H and O–H groups in total. The Balaban J connectivity index is 2.40. The highest BCUT2D eigenvalue weighted by molar-refractivity contribution is 5.91. The van der Waals surface area contributed by atoms with Crippen LogP contribution < -0.4 is 10.6 Å². The fraction of sp³-hybridized carbons (Fsp3) is 0.500. The minimum Gasteiger partial charge on any atom is -0.396 e. The Hall–Kier alpha value is -1.78. The van der Waals surface area contributed by atoms with Gasteiger partial charge in [0.05, 0.1) is 5.69 Å². The van der Waals surface area contributed by atoms with Crippen LogP contribution in [0.4, 0.5) is 11.5 Å². The van der Waals surface area contributed by atoms with Crippen LogP contribution in [-0.4, -0.2) is 41.5 Å². The number of piperazine rings is 1. The number of likely N-dealkylation sites (N-methyl/N-ethyl adjacent to an activating group) is 1. The molecule has 1 saturated heterocycles. The van der Waals surface area contributed by atoms with Crippen molar-refractivity contribution < 1.29 is 4.79 Å². The summed E-state index contributed by atoms with van der Waals surface area (Å²) in [6, 6.07) is 3.60. The van der Waals surface area contributed by atoms with Crippen LogP contribution in [0.25, 0.3) is 0 Å². The van der Waals surface area contributed by atoms with E-state index >= 15 is 0 Å². The zero-order chi connectivity index (χ0) is 12.6. The maximum Gasteiger partial charge on any atom is 0.247 e. The van der Waals surface area contributed by atoms with Crippen LogP contribution in [0.5, 0.6) is 0 Å². The van der Waals surface area contributed by atoms with Crippen molar-refractivity contribution in [1.29, 1.82) is 0 Å². The van der Waals surface area contributed by atoms with E-state index in [1.165, 1.54) is 0 Å². The fourth-order valence-electron chi connectivity index (χ4n) is 2.22. The van der Waals surface area contributed by atoms with Gasteiger partial charge in [-0.1, -0.05) is 0 Å². The molecule has 92 valence electrons. The van der Waals surface area contributed by atoms with E-state index in [0.29, 0.717) is 18.1 Å². The zero-order valence-electron chi connectivity index (χ0n) is 10.5. The van der Waals surface area contributed by atoms with Gasteiger partial charge >= 0.3 is 0 Å². The lowest BCUT2D eigenvalue weighted by Crippen LogP contribution is -2.62. The summed E-state index contributed by atoms with van der Waals surface area (Å²) in [7, 11) is 1.82. The summed E-state index contributed by atoms with van der Waals surface area (Å²) in [6.07, 6.45) is 1.70. The number of rotatable bonds is 1. The number of hydrogen-bond acceptors (Lipinski definition) is 4. The van der Waals surface area contributed by atoms with Gasteiger partial charge in [0.1, 0.15) is 5.54 Å². The van der Waals surface area contributed by atoms with E-state index in [0.717, 1.165) is 6.54 Å². The lowest BCUT2D eigenvalue weighted by Gasteiger charge is -2.45. The minimum absolute atomic E-state index is 0.0915. The molecule has 1 fully saturated rings. The molecule has 17 heavy (non-hydrogen) atoms. The molecule has 0 saturated carbocycles. The second-order valence-corrected chi connectivity index (χ2v) is 4.85. The number of nitrogen functional groups attached to an aromatic ring is 1. The van der Waals surface area contributed by atoms with E-state index in [1.807, 2.05) is 25.8 Å². The van der Waals surface area contributed by atoms with Gasteiger partial charge in [0.2, 0.25) is 5.91 Å². The summed E-state index contributed by atoms with van der Waals surface area (Å²) in [5.74, 6) is 0.785. The Morgan fingerprint density at radius 2 is 2.12 bits per heavy atom. The highest BCUT2D eigenvalue weighted by Gasteiger charge is 2.41. The molecule has 2 rings (SSSR count). The van der Waals surface area contributed by atoms with E-state index < -0.39 is 5.54 Å². The molecule has 1 aliphatic rings. The van der Waals surface area contributed by atoms with Gasteiger partial charge in [-0.15, -0.1) is 0 Å². The second kappa shape index (κ2) is 3.91. The lowest BCUT2D eigenvalue weighted by atomic mass is 9.97. The Labute approximate surface area is 101 Å². The van der Waals surface area contributed by atoms with Crippen molar-refractivity contribution in [2.75, 3.05) is 30.8 Å². The number of hydrogen-bond donors (Lipinski definition) is 1. The predicted molar refractivity (Wildman–Crippen MR) is 67.7 cm³/mol. The highest BCUT2D eigenvalue weighted by Crippen LogP contribution is 2.30. The standard InChI is InChI=1S/C12H18N4O/c1-12(2)11(17)15(3)7-8-16(12)10-9(13)5-4-6-14-10/h4-6H,7-8,13H2,1-3H3. The first-order chi connectivity index (χ1) is 7.94. The van der Waals surface area contributed by atoms with Crippen LogP contribution in [0.1, 0.15) is 13.8 Å². The molecule has 0 bridgehead atoms. The van der Waals surface area contributed by atoms with Gasteiger partial charge in [-0.2, -0.15) is 0 Å². The largest absolute Gasteiger partial charge is 0.396 e. The first-order valence-electron chi connectivity index (χ1n) is 5.68. The monoisotopic (exact) mass is 234 g/mol. The average molecular weight is 234 g/mol. The van der Waals surface area contributed by atoms with E-state index in [1.54, 1.807) is 23.2 Å². The van der Waals surface area contributed by atoms with Crippen molar-refractivity contribution in [3.63, 3.8) is 0 Å². The highest BCUT2D eigenvalue weighted by atomic mass is 16.2. The number of carbonyl (C=O) groups is 1. The number of anilines is 2. The van der Waals surface area contributed by atoms with Crippen LogP contribution in [0.15, 0.2) is 18.3 Å². The minimum atomic E-state index is -0.602. The number of nitrogens with two attached hydrogens (primary N) is 1. The fourth-order valence-corrected chi connectivity index (χ4v) is 2.22. The summed E-state index contributed by atoms with van der Waals surface area (Å²) in [6.45, 7) is 5.24. The smallest absolute Gasteiger partial charge is 0.247 e. The summed E-state index contributed by atoms with van der Waals surface area (Å²) in [5.41, 5.74) is 5.93. The van der Waals surface area contributed by atoms with E-state index in [4.69, 9.17) is 5.73 Å².